The summed E-state index contributed by atoms with van der Waals surface area (Å²) in [6.45, 7) is 0. The molecule has 94 valence electrons. The molecule has 2 unspecified atom stereocenters. The Morgan fingerprint density at radius 3 is 2.94 bits per heavy atom. The fourth-order valence-electron chi connectivity index (χ4n) is 2.38. The molecule has 1 aromatic heterocycles. The van der Waals surface area contributed by atoms with E-state index < -0.39 is 0 Å². The number of anilines is 2. The van der Waals surface area contributed by atoms with Gasteiger partial charge < -0.3 is 20.7 Å². The first-order valence-corrected chi connectivity index (χ1v) is 5.85. The fourth-order valence-corrected chi connectivity index (χ4v) is 2.38. The average Bonchev–Trinajstić information content (AvgIpc) is 2.32. The molecule has 6 heteroatoms. The van der Waals surface area contributed by atoms with Crippen LogP contribution in [0, 0.1) is 0 Å². The second kappa shape index (κ2) is 4.75. The number of hydrogen-bond donors (Lipinski definition) is 3. The number of nitrogens with one attached hydrogen (secondary N) is 1. The van der Waals surface area contributed by atoms with Gasteiger partial charge >= 0.3 is 0 Å². The zero-order chi connectivity index (χ0) is 12.4. The van der Waals surface area contributed by atoms with E-state index >= 15 is 0 Å². The van der Waals surface area contributed by atoms with E-state index in [9.17, 15) is 9.90 Å². The molecule has 1 fully saturated rings. The van der Waals surface area contributed by atoms with Gasteiger partial charge in [0, 0.05) is 7.05 Å². The first-order valence-electron chi connectivity index (χ1n) is 5.85. The first kappa shape index (κ1) is 11.9. The van der Waals surface area contributed by atoms with Gasteiger partial charge in [0.25, 0.3) is 5.56 Å². The molecule has 1 aromatic rings. The molecule has 6 nitrogen and oxygen atoms in total. The molecule has 0 spiro atoms. The molecular formula is C11H18N4O2. The number of aliphatic hydroxyl groups excluding tert-OH is 1. The number of aromatic nitrogens is 2. The van der Waals surface area contributed by atoms with Crippen LogP contribution < -0.4 is 16.2 Å². The summed E-state index contributed by atoms with van der Waals surface area (Å²) in [5.41, 5.74) is 5.47. The van der Waals surface area contributed by atoms with Crippen LogP contribution in [0.15, 0.2) is 11.1 Å². The van der Waals surface area contributed by atoms with Gasteiger partial charge in [0.05, 0.1) is 18.5 Å². The van der Waals surface area contributed by atoms with Crippen molar-refractivity contribution < 1.29 is 5.11 Å². The molecule has 1 saturated carbocycles. The standard InChI is InChI=1S/C11H18N4O2/c1-15(7-4-2-3-5-8(7)16)10-9(12)11(17)14-6-13-10/h6-8,16H,2-5,12H2,1H3,(H,13,14,17). The quantitative estimate of drug-likeness (QED) is 0.678. The van der Waals surface area contributed by atoms with Crippen molar-refractivity contribution >= 4 is 11.5 Å². The number of nitrogen functional groups attached to an aromatic ring is 1. The van der Waals surface area contributed by atoms with Crippen LogP contribution in [0.5, 0.6) is 0 Å². The molecular weight excluding hydrogens is 220 g/mol. The van der Waals surface area contributed by atoms with E-state index in [2.05, 4.69) is 9.97 Å². The molecule has 0 amide bonds. The van der Waals surface area contributed by atoms with Crippen LogP contribution in [0.25, 0.3) is 0 Å². The largest absolute Gasteiger partial charge is 0.391 e. The number of aromatic amines is 1. The van der Waals surface area contributed by atoms with Crippen LogP contribution in [0.1, 0.15) is 25.7 Å². The molecule has 0 aromatic carbocycles. The van der Waals surface area contributed by atoms with E-state index in [1.165, 1.54) is 6.33 Å². The van der Waals surface area contributed by atoms with Crippen molar-refractivity contribution in [3.8, 4) is 0 Å². The highest BCUT2D eigenvalue weighted by Crippen LogP contribution is 2.26. The number of rotatable bonds is 2. The maximum Gasteiger partial charge on any atom is 0.276 e. The summed E-state index contributed by atoms with van der Waals surface area (Å²) in [5.74, 6) is 0.444. The smallest absolute Gasteiger partial charge is 0.276 e. The minimum Gasteiger partial charge on any atom is -0.391 e. The lowest BCUT2D eigenvalue weighted by Crippen LogP contribution is -2.44. The fraction of sp³-hybridized carbons (Fsp3) is 0.636. The third-order valence-corrected chi connectivity index (χ3v) is 3.39. The van der Waals surface area contributed by atoms with Gasteiger partial charge in [-0.25, -0.2) is 4.98 Å². The van der Waals surface area contributed by atoms with Crippen LogP contribution in [0.3, 0.4) is 0 Å². The topological polar surface area (TPSA) is 95.2 Å². The Labute approximate surface area is 99.5 Å². The summed E-state index contributed by atoms with van der Waals surface area (Å²) in [7, 11) is 1.82. The molecule has 17 heavy (non-hydrogen) atoms. The highest BCUT2D eigenvalue weighted by molar-refractivity contribution is 5.61. The minimum atomic E-state index is -0.380. The zero-order valence-corrected chi connectivity index (χ0v) is 9.89. The van der Waals surface area contributed by atoms with E-state index in [4.69, 9.17) is 5.73 Å². The number of likely N-dealkylation sites (N-methyl/N-ethyl adjacent to an activating group) is 1. The lowest BCUT2D eigenvalue weighted by molar-refractivity contribution is 0.106. The molecule has 2 atom stereocenters. The average molecular weight is 238 g/mol. The summed E-state index contributed by atoms with van der Waals surface area (Å²) >= 11 is 0. The molecule has 0 bridgehead atoms. The Balaban J connectivity index is 2.26. The van der Waals surface area contributed by atoms with Crippen LogP contribution in [0.4, 0.5) is 11.5 Å². The van der Waals surface area contributed by atoms with E-state index in [0.717, 1.165) is 25.7 Å². The van der Waals surface area contributed by atoms with E-state index in [1.54, 1.807) is 0 Å². The molecule has 2 rings (SSSR count). The van der Waals surface area contributed by atoms with Gasteiger partial charge in [-0.05, 0) is 12.8 Å². The van der Waals surface area contributed by atoms with E-state index in [-0.39, 0.29) is 23.4 Å². The Morgan fingerprint density at radius 1 is 1.53 bits per heavy atom. The third kappa shape index (κ3) is 2.26. The number of aliphatic hydroxyl groups is 1. The number of hydrogen-bond acceptors (Lipinski definition) is 5. The van der Waals surface area contributed by atoms with Crippen LogP contribution in [0.2, 0.25) is 0 Å². The van der Waals surface area contributed by atoms with Crippen molar-refractivity contribution in [2.45, 2.75) is 37.8 Å². The maximum absolute atomic E-state index is 11.4. The Morgan fingerprint density at radius 2 is 2.24 bits per heavy atom. The van der Waals surface area contributed by atoms with Gasteiger partial charge in [0.1, 0.15) is 5.69 Å². The van der Waals surface area contributed by atoms with Crippen molar-refractivity contribution in [2.75, 3.05) is 17.7 Å². The van der Waals surface area contributed by atoms with Crippen LogP contribution >= 0.6 is 0 Å². The lowest BCUT2D eigenvalue weighted by atomic mass is 9.91. The molecule has 1 aliphatic carbocycles. The summed E-state index contributed by atoms with van der Waals surface area (Å²) < 4.78 is 0. The molecule has 0 saturated heterocycles. The van der Waals surface area contributed by atoms with Gasteiger partial charge in [0.15, 0.2) is 5.82 Å². The van der Waals surface area contributed by atoms with E-state index in [0.29, 0.717) is 5.82 Å². The Hall–Kier alpha value is -1.56. The summed E-state index contributed by atoms with van der Waals surface area (Å²) in [4.78, 5) is 19.7. The molecule has 1 heterocycles. The summed E-state index contributed by atoms with van der Waals surface area (Å²) in [6, 6.07) is -0.0136. The van der Waals surface area contributed by atoms with Crippen molar-refractivity contribution in [3.63, 3.8) is 0 Å². The van der Waals surface area contributed by atoms with Crippen molar-refractivity contribution in [1.29, 1.82) is 0 Å². The van der Waals surface area contributed by atoms with Crippen molar-refractivity contribution in [3.05, 3.63) is 16.7 Å². The molecule has 0 radical (unpaired) electrons. The van der Waals surface area contributed by atoms with Gasteiger partial charge in [-0.15, -0.1) is 0 Å². The van der Waals surface area contributed by atoms with Gasteiger partial charge in [-0.2, -0.15) is 0 Å². The van der Waals surface area contributed by atoms with Gasteiger partial charge in [-0.3, -0.25) is 4.79 Å². The SMILES string of the molecule is CN(c1nc[nH]c(=O)c1N)C1CCCCC1O. The van der Waals surface area contributed by atoms with Crippen LogP contribution in [-0.2, 0) is 0 Å². The number of nitrogens with two attached hydrogens (primary N) is 1. The van der Waals surface area contributed by atoms with E-state index in [1.807, 2.05) is 11.9 Å². The Bertz CT molecular complexity index is 445. The number of H-pyrrole nitrogens is 1. The maximum atomic E-state index is 11.4. The predicted octanol–water partition coefficient (Wildman–Crippen LogP) is 0.0918. The van der Waals surface area contributed by atoms with Crippen molar-refractivity contribution in [1.82, 2.24) is 9.97 Å². The van der Waals surface area contributed by atoms with Gasteiger partial charge in [0.2, 0.25) is 0 Å². The lowest BCUT2D eigenvalue weighted by Gasteiger charge is -2.36. The number of nitrogens with zero attached hydrogens (tertiary/aromatic N) is 2. The zero-order valence-electron chi connectivity index (χ0n) is 9.89. The monoisotopic (exact) mass is 238 g/mol. The molecule has 0 aliphatic heterocycles. The molecule has 4 N–H and O–H groups in total. The summed E-state index contributed by atoms with van der Waals surface area (Å²) in [5, 5.41) is 9.96. The van der Waals surface area contributed by atoms with Gasteiger partial charge in [-0.1, -0.05) is 12.8 Å². The minimum absolute atomic E-state index is 0.0136. The van der Waals surface area contributed by atoms with Crippen molar-refractivity contribution in [2.24, 2.45) is 0 Å². The normalized spacial score (nSPS) is 24.6. The highest BCUT2D eigenvalue weighted by atomic mass is 16.3. The third-order valence-electron chi connectivity index (χ3n) is 3.39. The first-order chi connectivity index (χ1) is 8.11. The predicted molar refractivity (Wildman–Crippen MR) is 65.9 cm³/mol. The molecule has 1 aliphatic rings. The Kier molecular flexibility index (Phi) is 3.33. The second-order valence-corrected chi connectivity index (χ2v) is 4.50. The second-order valence-electron chi connectivity index (χ2n) is 4.50. The highest BCUT2D eigenvalue weighted by Gasteiger charge is 2.28. The summed E-state index contributed by atoms with van der Waals surface area (Å²) in [6.07, 6.45) is 4.76. The van der Waals surface area contributed by atoms with Crippen LogP contribution in [-0.4, -0.2) is 34.3 Å².